The van der Waals surface area contributed by atoms with Gasteiger partial charge in [-0.1, -0.05) is 6.07 Å². The van der Waals surface area contributed by atoms with Gasteiger partial charge in [-0.25, -0.2) is 0 Å². The second-order valence-electron chi connectivity index (χ2n) is 4.15. The van der Waals surface area contributed by atoms with Crippen LogP contribution < -0.4 is 14.8 Å². The van der Waals surface area contributed by atoms with E-state index in [9.17, 15) is 0 Å². The van der Waals surface area contributed by atoms with Gasteiger partial charge in [0.05, 0.1) is 12.8 Å². The summed E-state index contributed by atoms with van der Waals surface area (Å²) in [6.07, 6.45) is 1.86. The average Bonchev–Trinajstić information content (AvgIpc) is 2.47. The molecule has 0 spiro atoms. The predicted molar refractivity (Wildman–Crippen MR) is 74.3 cm³/mol. The van der Waals surface area contributed by atoms with Crippen LogP contribution in [0.25, 0.3) is 0 Å². The van der Waals surface area contributed by atoms with Crippen LogP contribution >= 0.6 is 0 Å². The number of nitrogens with one attached hydrogen (secondary N) is 1. The summed E-state index contributed by atoms with van der Waals surface area (Å²) in [5.41, 5.74) is 2.08. The first-order chi connectivity index (χ1) is 9.31. The minimum absolute atomic E-state index is 0.464. The Morgan fingerprint density at radius 2 is 1.79 bits per heavy atom. The fourth-order valence-corrected chi connectivity index (χ4v) is 1.68. The lowest BCUT2D eigenvalue weighted by Crippen LogP contribution is -2.06. The third-order valence-corrected chi connectivity index (χ3v) is 2.71. The van der Waals surface area contributed by atoms with Gasteiger partial charge in [-0.05, 0) is 42.9 Å². The van der Waals surface area contributed by atoms with Gasteiger partial charge in [0.25, 0.3) is 0 Å². The van der Waals surface area contributed by atoms with Gasteiger partial charge in [0, 0.05) is 12.7 Å². The SMILES string of the molecule is CNCc1ccc(COc2ccc(OC)cc2)nc1. The van der Waals surface area contributed by atoms with Crippen molar-refractivity contribution in [2.75, 3.05) is 14.2 Å². The number of methoxy groups -OCH3 is 1. The van der Waals surface area contributed by atoms with Crippen molar-refractivity contribution in [3.63, 3.8) is 0 Å². The molecule has 19 heavy (non-hydrogen) atoms. The highest BCUT2D eigenvalue weighted by Gasteiger charge is 1.99. The molecular formula is C15H18N2O2. The van der Waals surface area contributed by atoms with E-state index >= 15 is 0 Å². The molecule has 4 nitrogen and oxygen atoms in total. The summed E-state index contributed by atoms with van der Waals surface area (Å²) in [6.45, 7) is 1.29. The van der Waals surface area contributed by atoms with E-state index in [0.717, 1.165) is 29.3 Å². The van der Waals surface area contributed by atoms with E-state index in [-0.39, 0.29) is 0 Å². The van der Waals surface area contributed by atoms with Crippen molar-refractivity contribution in [3.8, 4) is 11.5 Å². The standard InChI is InChI=1S/C15H18N2O2/c1-16-9-12-3-4-13(17-10-12)11-19-15-7-5-14(18-2)6-8-15/h3-8,10,16H,9,11H2,1-2H3. The predicted octanol–water partition coefficient (Wildman–Crippen LogP) is 2.39. The molecular weight excluding hydrogens is 240 g/mol. The molecule has 2 rings (SSSR count). The third kappa shape index (κ3) is 3.96. The van der Waals surface area contributed by atoms with E-state index in [1.165, 1.54) is 0 Å². The zero-order valence-electron chi connectivity index (χ0n) is 11.2. The maximum absolute atomic E-state index is 5.66. The molecule has 0 atom stereocenters. The number of pyridine rings is 1. The minimum Gasteiger partial charge on any atom is -0.497 e. The largest absolute Gasteiger partial charge is 0.497 e. The Kier molecular flexibility index (Phi) is 4.75. The Morgan fingerprint density at radius 3 is 2.37 bits per heavy atom. The van der Waals surface area contributed by atoms with Crippen LogP contribution in [0.2, 0.25) is 0 Å². The summed E-state index contributed by atoms with van der Waals surface area (Å²) in [5, 5.41) is 3.09. The van der Waals surface area contributed by atoms with Crippen molar-refractivity contribution in [1.82, 2.24) is 10.3 Å². The van der Waals surface area contributed by atoms with Crippen molar-refractivity contribution in [2.45, 2.75) is 13.2 Å². The van der Waals surface area contributed by atoms with Gasteiger partial charge in [0.2, 0.25) is 0 Å². The second-order valence-corrected chi connectivity index (χ2v) is 4.15. The van der Waals surface area contributed by atoms with Gasteiger partial charge >= 0.3 is 0 Å². The van der Waals surface area contributed by atoms with Crippen molar-refractivity contribution in [3.05, 3.63) is 53.9 Å². The smallest absolute Gasteiger partial charge is 0.130 e. The van der Waals surface area contributed by atoms with Gasteiger partial charge in [-0.3, -0.25) is 4.98 Å². The Labute approximate surface area is 113 Å². The Morgan fingerprint density at radius 1 is 1.05 bits per heavy atom. The number of benzene rings is 1. The second kappa shape index (κ2) is 6.75. The van der Waals surface area contributed by atoms with Crippen LogP contribution in [0.1, 0.15) is 11.3 Å². The number of aromatic nitrogens is 1. The van der Waals surface area contributed by atoms with E-state index in [2.05, 4.69) is 16.4 Å². The highest BCUT2D eigenvalue weighted by Crippen LogP contribution is 2.17. The Balaban J connectivity index is 1.90. The molecule has 1 aromatic heterocycles. The topological polar surface area (TPSA) is 43.4 Å². The quantitative estimate of drug-likeness (QED) is 0.864. The molecule has 0 unspecified atom stereocenters. The molecule has 0 bridgehead atoms. The van der Waals surface area contributed by atoms with Crippen LogP contribution in [0.15, 0.2) is 42.6 Å². The molecule has 1 heterocycles. The molecule has 0 radical (unpaired) electrons. The van der Waals surface area contributed by atoms with Crippen molar-refractivity contribution >= 4 is 0 Å². The van der Waals surface area contributed by atoms with E-state index in [4.69, 9.17) is 9.47 Å². The van der Waals surface area contributed by atoms with Crippen LogP contribution in [0.5, 0.6) is 11.5 Å². The Bertz CT molecular complexity index is 495. The number of rotatable bonds is 6. The molecule has 100 valence electrons. The highest BCUT2D eigenvalue weighted by atomic mass is 16.5. The van der Waals surface area contributed by atoms with E-state index in [0.29, 0.717) is 6.61 Å². The molecule has 0 saturated carbocycles. The van der Waals surface area contributed by atoms with Crippen molar-refractivity contribution < 1.29 is 9.47 Å². The molecule has 1 N–H and O–H groups in total. The first-order valence-corrected chi connectivity index (χ1v) is 6.17. The van der Waals surface area contributed by atoms with Gasteiger partial charge in [-0.2, -0.15) is 0 Å². The summed E-state index contributed by atoms with van der Waals surface area (Å²) < 4.78 is 10.8. The summed E-state index contributed by atoms with van der Waals surface area (Å²) in [7, 11) is 3.56. The molecule has 0 aliphatic rings. The highest BCUT2D eigenvalue weighted by molar-refractivity contribution is 5.31. The van der Waals surface area contributed by atoms with Gasteiger partial charge in [0.1, 0.15) is 18.1 Å². The van der Waals surface area contributed by atoms with Gasteiger partial charge < -0.3 is 14.8 Å². The first-order valence-electron chi connectivity index (χ1n) is 6.17. The third-order valence-electron chi connectivity index (χ3n) is 2.71. The minimum atomic E-state index is 0.464. The van der Waals surface area contributed by atoms with Crippen LogP contribution in [0.4, 0.5) is 0 Å². The fourth-order valence-electron chi connectivity index (χ4n) is 1.68. The monoisotopic (exact) mass is 258 g/mol. The summed E-state index contributed by atoms with van der Waals surface area (Å²) in [6, 6.07) is 11.5. The molecule has 0 fully saturated rings. The van der Waals surface area contributed by atoms with Gasteiger partial charge in [0.15, 0.2) is 0 Å². The maximum Gasteiger partial charge on any atom is 0.130 e. The maximum atomic E-state index is 5.66. The molecule has 1 aromatic carbocycles. The normalized spacial score (nSPS) is 10.2. The lowest BCUT2D eigenvalue weighted by atomic mass is 10.2. The van der Waals surface area contributed by atoms with E-state index in [1.54, 1.807) is 7.11 Å². The number of ether oxygens (including phenoxy) is 2. The average molecular weight is 258 g/mol. The number of nitrogens with zero attached hydrogens (tertiary/aromatic N) is 1. The fraction of sp³-hybridized carbons (Fsp3) is 0.267. The van der Waals surface area contributed by atoms with Crippen LogP contribution in [0.3, 0.4) is 0 Å². The molecule has 0 saturated heterocycles. The molecule has 0 amide bonds. The van der Waals surface area contributed by atoms with E-state index < -0.39 is 0 Å². The molecule has 0 aliphatic heterocycles. The first kappa shape index (κ1) is 13.4. The van der Waals surface area contributed by atoms with Crippen molar-refractivity contribution in [2.24, 2.45) is 0 Å². The number of hydrogen-bond acceptors (Lipinski definition) is 4. The zero-order valence-corrected chi connectivity index (χ0v) is 11.2. The summed E-state index contributed by atoms with van der Waals surface area (Å²) >= 11 is 0. The van der Waals surface area contributed by atoms with Crippen LogP contribution in [-0.2, 0) is 13.2 Å². The lowest BCUT2D eigenvalue weighted by molar-refractivity contribution is 0.300. The molecule has 0 aliphatic carbocycles. The lowest BCUT2D eigenvalue weighted by Gasteiger charge is -2.07. The van der Waals surface area contributed by atoms with Gasteiger partial charge in [-0.15, -0.1) is 0 Å². The number of hydrogen-bond donors (Lipinski definition) is 1. The van der Waals surface area contributed by atoms with Crippen LogP contribution in [-0.4, -0.2) is 19.1 Å². The Hall–Kier alpha value is -2.07. The summed E-state index contributed by atoms with van der Waals surface area (Å²) in [5.74, 6) is 1.63. The summed E-state index contributed by atoms with van der Waals surface area (Å²) in [4.78, 5) is 4.36. The molecule has 2 aromatic rings. The molecule has 4 heteroatoms. The zero-order chi connectivity index (χ0) is 13.5. The van der Waals surface area contributed by atoms with Crippen molar-refractivity contribution in [1.29, 1.82) is 0 Å². The van der Waals surface area contributed by atoms with E-state index in [1.807, 2.05) is 43.6 Å². The van der Waals surface area contributed by atoms with Crippen LogP contribution in [0, 0.1) is 0 Å².